The third-order valence-electron chi connectivity index (χ3n) is 2.96. The Bertz CT molecular complexity index is 536. The molecule has 3 heteroatoms. The van der Waals surface area contributed by atoms with E-state index in [1.807, 2.05) is 24.3 Å². The van der Waals surface area contributed by atoms with Gasteiger partial charge in [-0.3, -0.25) is 9.78 Å². The zero-order valence-corrected chi connectivity index (χ0v) is 9.76. The quantitative estimate of drug-likeness (QED) is 0.877. The number of aryl methyl sites for hydroxylation is 1. The first-order valence-electron chi connectivity index (χ1n) is 5.73. The van der Waals surface area contributed by atoms with E-state index in [4.69, 9.17) is 5.11 Å². The molecule has 1 N–H and O–H groups in total. The fraction of sp³-hybridized carbons (Fsp3) is 0.286. The molecule has 88 valence electrons. The minimum atomic E-state index is -0.729. The van der Waals surface area contributed by atoms with Crippen molar-refractivity contribution >= 4 is 16.9 Å². The van der Waals surface area contributed by atoms with Gasteiger partial charge in [0.2, 0.25) is 0 Å². The Morgan fingerprint density at radius 2 is 2.24 bits per heavy atom. The van der Waals surface area contributed by atoms with Crippen LogP contribution in [0.4, 0.5) is 0 Å². The molecule has 0 fully saturated rings. The van der Waals surface area contributed by atoms with Crippen LogP contribution in [0, 0.1) is 5.92 Å². The number of carbonyl (C=O) groups is 1. The fourth-order valence-corrected chi connectivity index (χ4v) is 1.79. The molecule has 17 heavy (non-hydrogen) atoms. The molecule has 0 saturated heterocycles. The number of pyridine rings is 1. The zero-order chi connectivity index (χ0) is 12.3. The van der Waals surface area contributed by atoms with Crippen LogP contribution in [0.15, 0.2) is 36.5 Å². The van der Waals surface area contributed by atoms with E-state index in [-0.39, 0.29) is 5.92 Å². The molecule has 0 saturated carbocycles. The number of carboxylic acid groups (broad SMARTS) is 1. The maximum absolute atomic E-state index is 10.7. The molecular weight excluding hydrogens is 214 g/mol. The molecule has 0 spiro atoms. The first kappa shape index (κ1) is 11.6. The fourth-order valence-electron chi connectivity index (χ4n) is 1.79. The van der Waals surface area contributed by atoms with Gasteiger partial charge in [0, 0.05) is 11.6 Å². The highest BCUT2D eigenvalue weighted by Crippen LogP contribution is 2.16. The summed E-state index contributed by atoms with van der Waals surface area (Å²) >= 11 is 0. The van der Waals surface area contributed by atoms with Gasteiger partial charge in [-0.1, -0.05) is 19.1 Å². The van der Waals surface area contributed by atoms with Gasteiger partial charge in [0.15, 0.2) is 0 Å². The van der Waals surface area contributed by atoms with Crippen LogP contribution in [0.1, 0.15) is 18.9 Å². The summed E-state index contributed by atoms with van der Waals surface area (Å²) in [5.74, 6) is -1.02. The summed E-state index contributed by atoms with van der Waals surface area (Å²) < 4.78 is 0. The van der Waals surface area contributed by atoms with Crippen LogP contribution in [-0.2, 0) is 11.2 Å². The molecule has 1 aromatic carbocycles. The second kappa shape index (κ2) is 4.95. The highest BCUT2D eigenvalue weighted by molar-refractivity contribution is 5.78. The predicted octanol–water partition coefficient (Wildman–Crippen LogP) is 2.89. The van der Waals surface area contributed by atoms with Crippen LogP contribution in [0.25, 0.3) is 10.9 Å². The van der Waals surface area contributed by atoms with Gasteiger partial charge in [0.1, 0.15) is 0 Å². The van der Waals surface area contributed by atoms with Crippen LogP contribution >= 0.6 is 0 Å². The number of fused-ring (bicyclic) bond motifs is 1. The Balaban J connectivity index is 2.12. The lowest BCUT2D eigenvalue weighted by molar-refractivity contribution is -0.141. The van der Waals surface area contributed by atoms with Gasteiger partial charge in [-0.05, 0) is 36.6 Å². The smallest absolute Gasteiger partial charge is 0.306 e. The van der Waals surface area contributed by atoms with Crippen molar-refractivity contribution < 1.29 is 9.90 Å². The minimum Gasteiger partial charge on any atom is -0.481 e. The molecule has 0 aliphatic carbocycles. The summed E-state index contributed by atoms with van der Waals surface area (Å²) in [5.41, 5.74) is 2.14. The number of hydrogen-bond acceptors (Lipinski definition) is 2. The van der Waals surface area contributed by atoms with Crippen molar-refractivity contribution in [2.75, 3.05) is 0 Å². The van der Waals surface area contributed by atoms with Crippen molar-refractivity contribution in [3.05, 3.63) is 42.1 Å². The summed E-state index contributed by atoms with van der Waals surface area (Å²) in [4.78, 5) is 15.0. The van der Waals surface area contributed by atoms with Gasteiger partial charge in [-0.15, -0.1) is 0 Å². The van der Waals surface area contributed by atoms with Gasteiger partial charge in [0.05, 0.1) is 11.4 Å². The molecule has 0 aliphatic heterocycles. The van der Waals surface area contributed by atoms with Crippen LogP contribution < -0.4 is 0 Å². The number of benzene rings is 1. The number of aromatic nitrogens is 1. The van der Waals surface area contributed by atoms with Crippen LogP contribution in [0.3, 0.4) is 0 Å². The minimum absolute atomic E-state index is 0.292. The number of rotatable bonds is 4. The molecule has 3 nitrogen and oxygen atoms in total. The molecule has 1 aromatic heterocycles. The van der Waals surface area contributed by atoms with Crippen molar-refractivity contribution in [3.8, 4) is 0 Å². The summed E-state index contributed by atoms with van der Waals surface area (Å²) in [6.07, 6.45) is 3.23. The molecule has 2 aromatic rings. The second-order valence-electron chi connectivity index (χ2n) is 4.31. The summed E-state index contributed by atoms with van der Waals surface area (Å²) in [5, 5.41) is 9.93. The van der Waals surface area contributed by atoms with E-state index in [9.17, 15) is 4.79 Å². The van der Waals surface area contributed by atoms with Crippen molar-refractivity contribution in [2.24, 2.45) is 5.92 Å². The van der Waals surface area contributed by atoms with Gasteiger partial charge in [0.25, 0.3) is 0 Å². The molecule has 2 rings (SSSR count). The number of aliphatic carboxylic acids is 1. The van der Waals surface area contributed by atoms with Crippen molar-refractivity contribution in [1.29, 1.82) is 0 Å². The average molecular weight is 229 g/mol. The molecule has 1 atom stereocenters. The third-order valence-corrected chi connectivity index (χ3v) is 2.96. The van der Waals surface area contributed by atoms with E-state index < -0.39 is 5.97 Å². The zero-order valence-electron chi connectivity index (χ0n) is 9.76. The lowest BCUT2D eigenvalue weighted by Gasteiger charge is -2.06. The molecule has 1 heterocycles. The topological polar surface area (TPSA) is 50.2 Å². The van der Waals surface area contributed by atoms with Crippen molar-refractivity contribution in [2.45, 2.75) is 19.8 Å². The highest BCUT2D eigenvalue weighted by atomic mass is 16.4. The van der Waals surface area contributed by atoms with Crippen molar-refractivity contribution in [3.63, 3.8) is 0 Å². The third kappa shape index (κ3) is 2.81. The molecule has 0 amide bonds. The van der Waals surface area contributed by atoms with E-state index in [1.54, 1.807) is 13.1 Å². The Hall–Kier alpha value is -1.90. The lowest BCUT2D eigenvalue weighted by atomic mass is 10.0. The Kier molecular flexibility index (Phi) is 3.38. The Morgan fingerprint density at radius 3 is 3.00 bits per heavy atom. The van der Waals surface area contributed by atoms with Gasteiger partial charge < -0.3 is 5.11 Å². The number of nitrogens with zero attached hydrogens (tertiary/aromatic N) is 1. The number of hydrogen-bond donors (Lipinski definition) is 1. The van der Waals surface area contributed by atoms with Crippen LogP contribution in [0.5, 0.6) is 0 Å². The second-order valence-corrected chi connectivity index (χ2v) is 4.31. The Labute approximate surface area is 100 Å². The standard InChI is InChI=1S/C14H15NO2/c1-10(14(16)17)4-5-11-6-7-13-12(9-11)3-2-8-15-13/h2-3,6-10H,4-5H2,1H3,(H,16,17). The van der Waals surface area contributed by atoms with Gasteiger partial charge in [-0.25, -0.2) is 0 Å². The summed E-state index contributed by atoms with van der Waals surface area (Å²) in [7, 11) is 0. The van der Waals surface area contributed by atoms with E-state index in [0.29, 0.717) is 6.42 Å². The molecule has 0 radical (unpaired) electrons. The molecule has 0 aliphatic rings. The molecular formula is C14H15NO2. The van der Waals surface area contributed by atoms with Crippen LogP contribution in [-0.4, -0.2) is 16.1 Å². The molecule has 0 bridgehead atoms. The van der Waals surface area contributed by atoms with E-state index in [0.717, 1.165) is 17.3 Å². The predicted molar refractivity (Wildman–Crippen MR) is 66.9 cm³/mol. The van der Waals surface area contributed by atoms with Crippen LogP contribution in [0.2, 0.25) is 0 Å². The maximum atomic E-state index is 10.7. The maximum Gasteiger partial charge on any atom is 0.306 e. The summed E-state index contributed by atoms with van der Waals surface area (Å²) in [6, 6.07) is 10.0. The van der Waals surface area contributed by atoms with Gasteiger partial charge in [-0.2, -0.15) is 0 Å². The lowest BCUT2D eigenvalue weighted by Crippen LogP contribution is -2.10. The average Bonchev–Trinajstić information content (AvgIpc) is 2.35. The highest BCUT2D eigenvalue weighted by Gasteiger charge is 2.10. The SMILES string of the molecule is CC(CCc1ccc2ncccc2c1)C(=O)O. The monoisotopic (exact) mass is 229 g/mol. The summed E-state index contributed by atoms with van der Waals surface area (Å²) in [6.45, 7) is 1.74. The van der Waals surface area contributed by atoms with E-state index in [1.165, 1.54) is 5.56 Å². The van der Waals surface area contributed by atoms with E-state index in [2.05, 4.69) is 11.1 Å². The van der Waals surface area contributed by atoms with Crippen molar-refractivity contribution in [1.82, 2.24) is 4.98 Å². The van der Waals surface area contributed by atoms with Gasteiger partial charge >= 0.3 is 5.97 Å². The van der Waals surface area contributed by atoms with E-state index >= 15 is 0 Å². The normalized spacial score (nSPS) is 12.5. The first-order valence-corrected chi connectivity index (χ1v) is 5.73. The first-order chi connectivity index (χ1) is 8.16. The largest absolute Gasteiger partial charge is 0.481 e. The Morgan fingerprint density at radius 1 is 1.41 bits per heavy atom. The molecule has 1 unspecified atom stereocenters. The number of carboxylic acids is 1.